The summed E-state index contributed by atoms with van der Waals surface area (Å²) in [6.45, 7) is 6.09. The third kappa shape index (κ3) is 4.65. The number of ketones is 1. The van der Waals surface area contributed by atoms with Gasteiger partial charge in [-0.05, 0) is 31.2 Å². The van der Waals surface area contributed by atoms with Crippen molar-refractivity contribution in [2.45, 2.75) is 33.7 Å². The highest BCUT2D eigenvalue weighted by Crippen LogP contribution is 2.14. The number of amides is 1. The van der Waals surface area contributed by atoms with Crippen LogP contribution in [0.4, 0.5) is 0 Å². The van der Waals surface area contributed by atoms with Crippen LogP contribution in [0.2, 0.25) is 0 Å². The summed E-state index contributed by atoms with van der Waals surface area (Å²) in [5, 5.41) is 3.79. The standard InChI is InChI=1S/C17H21N3O4/c1-4-15(21)13-6-8-14(9-7-13)23-11-17(22)20(5-2)10-16-18-12(3)24-19-16/h6-9H,4-5,10-11H2,1-3H3. The minimum absolute atomic E-state index is 0.0742. The molecule has 0 spiro atoms. The van der Waals surface area contributed by atoms with Crippen molar-refractivity contribution >= 4 is 11.7 Å². The lowest BCUT2D eigenvalue weighted by Crippen LogP contribution is -2.34. The number of benzene rings is 1. The van der Waals surface area contributed by atoms with Gasteiger partial charge in [-0.1, -0.05) is 12.1 Å². The lowest BCUT2D eigenvalue weighted by atomic mass is 10.1. The summed E-state index contributed by atoms with van der Waals surface area (Å²) >= 11 is 0. The quantitative estimate of drug-likeness (QED) is 0.691. The van der Waals surface area contributed by atoms with Crippen LogP contribution >= 0.6 is 0 Å². The van der Waals surface area contributed by atoms with Crippen LogP contribution in [0.25, 0.3) is 0 Å². The molecule has 2 aromatic rings. The highest BCUT2D eigenvalue weighted by atomic mass is 16.5. The van der Waals surface area contributed by atoms with Gasteiger partial charge >= 0.3 is 0 Å². The number of hydrogen-bond donors (Lipinski definition) is 0. The van der Waals surface area contributed by atoms with Crippen molar-refractivity contribution in [1.82, 2.24) is 15.0 Å². The molecule has 0 fully saturated rings. The van der Waals surface area contributed by atoms with E-state index in [2.05, 4.69) is 10.1 Å². The molecule has 2 rings (SSSR count). The summed E-state index contributed by atoms with van der Waals surface area (Å²) in [5.74, 6) is 1.37. The topological polar surface area (TPSA) is 85.5 Å². The normalized spacial score (nSPS) is 10.5. The van der Waals surface area contributed by atoms with Crippen molar-refractivity contribution in [3.8, 4) is 5.75 Å². The van der Waals surface area contributed by atoms with Crippen LogP contribution in [-0.4, -0.2) is 39.9 Å². The van der Waals surface area contributed by atoms with Gasteiger partial charge in [0.2, 0.25) is 5.89 Å². The van der Waals surface area contributed by atoms with E-state index >= 15 is 0 Å². The van der Waals surface area contributed by atoms with Crippen LogP contribution in [0.3, 0.4) is 0 Å². The van der Waals surface area contributed by atoms with Crippen LogP contribution in [0.1, 0.15) is 42.3 Å². The molecule has 1 aromatic carbocycles. The summed E-state index contributed by atoms with van der Waals surface area (Å²) in [6.07, 6.45) is 0.458. The van der Waals surface area contributed by atoms with Crippen molar-refractivity contribution < 1.29 is 18.8 Å². The second-order valence-electron chi connectivity index (χ2n) is 5.23. The predicted octanol–water partition coefficient (Wildman–Crippen LogP) is 2.40. The predicted molar refractivity (Wildman–Crippen MR) is 86.7 cm³/mol. The van der Waals surface area contributed by atoms with Crippen molar-refractivity contribution in [2.24, 2.45) is 0 Å². The molecule has 1 aromatic heterocycles. The lowest BCUT2D eigenvalue weighted by Gasteiger charge is -2.19. The first-order chi connectivity index (χ1) is 11.5. The van der Waals surface area contributed by atoms with Gasteiger partial charge < -0.3 is 14.2 Å². The molecule has 7 heteroatoms. The fourth-order valence-corrected chi connectivity index (χ4v) is 2.13. The van der Waals surface area contributed by atoms with E-state index in [0.29, 0.717) is 36.0 Å². The SMILES string of the molecule is CCC(=O)c1ccc(OCC(=O)N(CC)Cc2noc(C)n2)cc1. The highest BCUT2D eigenvalue weighted by Gasteiger charge is 2.16. The van der Waals surface area contributed by atoms with Crippen LogP contribution in [0.15, 0.2) is 28.8 Å². The first-order valence-corrected chi connectivity index (χ1v) is 7.86. The third-order valence-corrected chi connectivity index (χ3v) is 3.50. The maximum absolute atomic E-state index is 12.2. The monoisotopic (exact) mass is 331 g/mol. The van der Waals surface area contributed by atoms with E-state index in [0.717, 1.165) is 0 Å². The second-order valence-corrected chi connectivity index (χ2v) is 5.23. The zero-order valence-electron chi connectivity index (χ0n) is 14.1. The van der Waals surface area contributed by atoms with Gasteiger partial charge in [-0.15, -0.1) is 0 Å². The van der Waals surface area contributed by atoms with E-state index in [4.69, 9.17) is 9.26 Å². The average Bonchev–Trinajstić information content (AvgIpc) is 3.02. The summed E-state index contributed by atoms with van der Waals surface area (Å²) in [6, 6.07) is 6.78. The molecule has 1 heterocycles. The Labute approximate surface area is 140 Å². The summed E-state index contributed by atoms with van der Waals surface area (Å²) in [7, 11) is 0. The van der Waals surface area contributed by atoms with Gasteiger partial charge in [0.1, 0.15) is 5.75 Å². The number of carbonyl (C=O) groups excluding carboxylic acids is 2. The molecule has 0 saturated carbocycles. The molecule has 0 aliphatic rings. The number of rotatable bonds is 8. The molecule has 0 unspecified atom stereocenters. The Kier molecular flexibility index (Phi) is 6.06. The molecule has 0 aliphatic carbocycles. The second kappa shape index (κ2) is 8.24. The zero-order valence-corrected chi connectivity index (χ0v) is 14.1. The highest BCUT2D eigenvalue weighted by molar-refractivity contribution is 5.95. The van der Waals surface area contributed by atoms with Crippen LogP contribution in [-0.2, 0) is 11.3 Å². The van der Waals surface area contributed by atoms with Gasteiger partial charge in [-0.3, -0.25) is 9.59 Å². The number of carbonyl (C=O) groups is 2. The maximum Gasteiger partial charge on any atom is 0.260 e. The zero-order chi connectivity index (χ0) is 17.5. The average molecular weight is 331 g/mol. The van der Waals surface area contributed by atoms with E-state index in [9.17, 15) is 9.59 Å². The molecule has 0 N–H and O–H groups in total. The van der Waals surface area contributed by atoms with E-state index < -0.39 is 0 Å². The van der Waals surface area contributed by atoms with Gasteiger partial charge in [-0.2, -0.15) is 4.98 Å². The van der Waals surface area contributed by atoms with Crippen molar-refractivity contribution in [3.63, 3.8) is 0 Å². The summed E-state index contributed by atoms with van der Waals surface area (Å²) < 4.78 is 10.4. The van der Waals surface area contributed by atoms with Crippen molar-refractivity contribution in [1.29, 1.82) is 0 Å². The summed E-state index contributed by atoms with van der Waals surface area (Å²) in [5.41, 5.74) is 0.638. The van der Waals surface area contributed by atoms with Crippen LogP contribution < -0.4 is 4.74 Å². The van der Waals surface area contributed by atoms with Gasteiger partial charge in [0.25, 0.3) is 5.91 Å². The number of aryl methyl sites for hydroxylation is 1. The molecule has 24 heavy (non-hydrogen) atoms. The van der Waals surface area contributed by atoms with E-state index in [1.54, 1.807) is 36.1 Å². The van der Waals surface area contributed by atoms with Crippen LogP contribution in [0.5, 0.6) is 5.75 Å². The third-order valence-electron chi connectivity index (χ3n) is 3.50. The Bertz CT molecular complexity index is 694. The van der Waals surface area contributed by atoms with Gasteiger partial charge in [0, 0.05) is 25.5 Å². The minimum Gasteiger partial charge on any atom is -0.484 e. The van der Waals surface area contributed by atoms with Crippen LogP contribution in [0, 0.1) is 6.92 Å². The number of nitrogens with zero attached hydrogens (tertiary/aromatic N) is 3. The molecular formula is C17H21N3O4. The molecular weight excluding hydrogens is 310 g/mol. The summed E-state index contributed by atoms with van der Waals surface area (Å²) in [4.78, 5) is 29.5. The number of aromatic nitrogens is 2. The molecule has 0 aliphatic heterocycles. The van der Waals surface area contributed by atoms with E-state index in [-0.39, 0.29) is 24.8 Å². The Balaban J connectivity index is 1.89. The fourth-order valence-electron chi connectivity index (χ4n) is 2.13. The lowest BCUT2D eigenvalue weighted by molar-refractivity contribution is -0.133. The molecule has 128 valence electrons. The molecule has 0 atom stereocenters. The van der Waals surface area contributed by atoms with Gasteiger partial charge in [-0.25, -0.2) is 0 Å². The molecule has 0 bridgehead atoms. The molecule has 7 nitrogen and oxygen atoms in total. The molecule has 0 radical (unpaired) electrons. The Morgan fingerprint density at radius 1 is 1.21 bits per heavy atom. The Morgan fingerprint density at radius 3 is 2.46 bits per heavy atom. The fraction of sp³-hybridized carbons (Fsp3) is 0.412. The number of hydrogen-bond acceptors (Lipinski definition) is 6. The van der Waals surface area contributed by atoms with E-state index in [1.165, 1.54) is 0 Å². The minimum atomic E-state index is -0.173. The largest absolute Gasteiger partial charge is 0.484 e. The van der Waals surface area contributed by atoms with Gasteiger partial charge in [0.05, 0.1) is 6.54 Å². The Hall–Kier alpha value is -2.70. The molecule has 1 amide bonds. The number of ether oxygens (including phenoxy) is 1. The van der Waals surface area contributed by atoms with Crippen molar-refractivity contribution in [3.05, 3.63) is 41.5 Å². The first kappa shape index (κ1) is 17.7. The van der Waals surface area contributed by atoms with Crippen molar-refractivity contribution in [2.75, 3.05) is 13.2 Å². The molecule has 0 saturated heterocycles. The number of Topliss-reactive ketones (excluding diaryl/α,β-unsaturated/α-hetero) is 1. The first-order valence-electron chi connectivity index (χ1n) is 7.86. The number of likely N-dealkylation sites (N-methyl/N-ethyl adjacent to an activating group) is 1. The Morgan fingerprint density at radius 2 is 1.92 bits per heavy atom. The van der Waals surface area contributed by atoms with E-state index in [1.807, 2.05) is 13.8 Å². The maximum atomic E-state index is 12.2. The van der Waals surface area contributed by atoms with Gasteiger partial charge in [0.15, 0.2) is 18.2 Å². The smallest absolute Gasteiger partial charge is 0.260 e.